The van der Waals surface area contributed by atoms with E-state index in [9.17, 15) is 9.18 Å². The predicted octanol–water partition coefficient (Wildman–Crippen LogP) is 3.00. The third-order valence-electron chi connectivity index (χ3n) is 3.61. The lowest BCUT2D eigenvalue weighted by molar-refractivity contribution is -0.118. The Kier molecular flexibility index (Phi) is 5.76. The second kappa shape index (κ2) is 7.79. The molecule has 0 heterocycles. The largest absolute Gasteiger partial charge is 0.387 e. The van der Waals surface area contributed by atoms with Crippen LogP contribution in [0.15, 0.2) is 42.5 Å². The summed E-state index contributed by atoms with van der Waals surface area (Å²) >= 11 is 0. The molecule has 0 aliphatic carbocycles. The van der Waals surface area contributed by atoms with Crippen molar-refractivity contribution in [1.82, 2.24) is 0 Å². The molecule has 0 bridgehead atoms. The molecule has 0 saturated carbocycles. The molecule has 0 fully saturated rings. The molecule has 0 aliphatic rings. The van der Waals surface area contributed by atoms with E-state index in [1.165, 1.54) is 12.1 Å². The summed E-state index contributed by atoms with van der Waals surface area (Å²) in [6.45, 7) is 1.43. The van der Waals surface area contributed by atoms with Crippen molar-refractivity contribution < 1.29 is 14.3 Å². The average molecular weight is 331 g/mol. The maximum Gasteiger partial charge on any atom is 0.250 e. The zero-order valence-electron chi connectivity index (χ0n) is 14.0. The Morgan fingerprint density at radius 1 is 1.21 bits per heavy atom. The van der Waals surface area contributed by atoms with Gasteiger partial charge in [0.15, 0.2) is 0 Å². The maximum absolute atomic E-state index is 13.5. The van der Waals surface area contributed by atoms with E-state index in [1.807, 2.05) is 32.0 Å². The molecular weight excluding hydrogens is 309 g/mol. The smallest absolute Gasteiger partial charge is 0.250 e. The normalized spacial score (nSPS) is 11.7. The van der Waals surface area contributed by atoms with Crippen LogP contribution in [-0.2, 0) is 4.79 Å². The van der Waals surface area contributed by atoms with Gasteiger partial charge in [0.2, 0.25) is 5.91 Å². The molecule has 1 atom stereocenters. The number of carbonyl (C=O) groups is 1. The highest BCUT2D eigenvalue weighted by Crippen LogP contribution is 2.29. The van der Waals surface area contributed by atoms with Crippen molar-refractivity contribution in [1.29, 1.82) is 0 Å². The van der Waals surface area contributed by atoms with Gasteiger partial charge in [0.1, 0.15) is 12.4 Å². The Balaban J connectivity index is 2.19. The summed E-state index contributed by atoms with van der Waals surface area (Å²) < 4.78 is 13.5. The summed E-state index contributed by atoms with van der Waals surface area (Å²) in [5.41, 5.74) is 3.18. The number of amides is 1. The number of rotatable bonds is 6. The fourth-order valence-electron chi connectivity index (χ4n) is 2.49. The van der Waals surface area contributed by atoms with Crippen molar-refractivity contribution >= 4 is 23.0 Å². The van der Waals surface area contributed by atoms with Crippen molar-refractivity contribution in [2.24, 2.45) is 0 Å². The first-order chi connectivity index (χ1) is 11.4. The number of benzene rings is 2. The first-order valence-electron chi connectivity index (χ1n) is 7.65. The Hall–Kier alpha value is -2.60. The van der Waals surface area contributed by atoms with Crippen LogP contribution in [0, 0.1) is 5.82 Å². The second-order valence-electron chi connectivity index (χ2n) is 5.75. The van der Waals surface area contributed by atoms with Crippen LogP contribution in [0.5, 0.6) is 0 Å². The molecule has 2 aromatic rings. The molecular formula is C18H22FN3O2. The minimum absolute atomic E-state index is 0.0632. The van der Waals surface area contributed by atoms with Gasteiger partial charge in [0, 0.05) is 31.2 Å². The molecule has 1 unspecified atom stereocenters. The van der Waals surface area contributed by atoms with Crippen LogP contribution in [0.25, 0.3) is 0 Å². The quantitative estimate of drug-likeness (QED) is 0.761. The highest BCUT2D eigenvalue weighted by atomic mass is 19.1. The van der Waals surface area contributed by atoms with Crippen LogP contribution in [-0.4, -0.2) is 31.7 Å². The lowest BCUT2D eigenvalue weighted by Gasteiger charge is -2.23. The van der Waals surface area contributed by atoms with Gasteiger partial charge in [-0.1, -0.05) is 12.1 Å². The number of nitrogens with zero attached hydrogens (tertiary/aromatic N) is 1. The number of aliphatic hydroxyl groups excluding tert-OH is 1. The molecule has 0 radical (unpaired) electrons. The summed E-state index contributed by atoms with van der Waals surface area (Å²) in [6.07, 6.45) is 0. The van der Waals surface area contributed by atoms with Gasteiger partial charge >= 0.3 is 0 Å². The predicted molar refractivity (Wildman–Crippen MR) is 94.9 cm³/mol. The van der Waals surface area contributed by atoms with Crippen molar-refractivity contribution in [3.8, 4) is 0 Å². The number of aliphatic hydroxyl groups is 1. The van der Waals surface area contributed by atoms with E-state index < -0.39 is 12.5 Å². The molecule has 1 amide bonds. The number of halogens is 1. The van der Waals surface area contributed by atoms with E-state index in [-0.39, 0.29) is 11.9 Å². The maximum atomic E-state index is 13.5. The molecule has 0 saturated heterocycles. The Morgan fingerprint density at radius 3 is 2.58 bits per heavy atom. The Morgan fingerprint density at radius 2 is 1.92 bits per heavy atom. The third-order valence-corrected chi connectivity index (χ3v) is 3.61. The zero-order chi connectivity index (χ0) is 17.7. The van der Waals surface area contributed by atoms with Crippen molar-refractivity contribution in [2.45, 2.75) is 13.0 Å². The molecule has 128 valence electrons. The van der Waals surface area contributed by atoms with Gasteiger partial charge in [0.25, 0.3) is 0 Å². The van der Waals surface area contributed by atoms with Gasteiger partial charge in [-0.3, -0.25) is 4.79 Å². The number of carbonyl (C=O) groups excluding carboxylic acids is 1. The van der Waals surface area contributed by atoms with Gasteiger partial charge < -0.3 is 20.6 Å². The van der Waals surface area contributed by atoms with Crippen molar-refractivity contribution in [3.05, 3.63) is 53.8 Å². The zero-order valence-corrected chi connectivity index (χ0v) is 14.0. The highest BCUT2D eigenvalue weighted by Gasteiger charge is 2.13. The van der Waals surface area contributed by atoms with Crippen LogP contribution in [0.2, 0.25) is 0 Å². The molecule has 2 aromatic carbocycles. The molecule has 0 spiro atoms. The molecule has 3 N–H and O–H groups in total. The monoisotopic (exact) mass is 331 g/mol. The lowest BCUT2D eigenvalue weighted by Crippen LogP contribution is -2.17. The number of anilines is 3. The molecule has 0 aliphatic heterocycles. The van der Waals surface area contributed by atoms with Crippen LogP contribution in [0.4, 0.5) is 21.5 Å². The summed E-state index contributed by atoms with van der Waals surface area (Å²) in [4.78, 5) is 13.1. The van der Waals surface area contributed by atoms with E-state index in [4.69, 9.17) is 5.11 Å². The third kappa shape index (κ3) is 4.45. The fraction of sp³-hybridized carbons (Fsp3) is 0.278. The van der Waals surface area contributed by atoms with Gasteiger partial charge in [-0.2, -0.15) is 0 Å². The molecule has 5 nitrogen and oxygen atoms in total. The molecule has 2 rings (SSSR count). The SMILES string of the molecule is CC(Nc1cccc(NC(=O)CO)c1)c1ccc(F)cc1N(C)C. The van der Waals surface area contributed by atoms with E-state index in [2.05, 4.69) is 10.6 Å². The van der Waals surface area contributed by atoms with Gasteiger partial charge in [-0.25, -0.2) is 4.39 Å². The second-order valence-corrected chi connectivity index (χ2v) is 5.75. The lowest BCUT2D eigenvalue weighted by atomic mass is 10.0. The summed E-state index contributed by atoms with van der Waals surface area (Å²) in [6, 6.07) is 11.9. The molecule has 0 aromatic heterocycles. The minimum atomic E-state index is -0.560. The van der Waals surface area contributed by atoms with Crippen LogP contribution >= 0.6 is 0 Å². The van der Waals surface area contributed by atoms with Gasteiger partial charge in [0.05, 0.1) is 6.04 Å². The first-order valence-corrected chi connectivity index (χ1v) is 7.65. The number of nitrogens with one attached hydrogen (secondary N) is 2. The van der Waals surface area contributed by atoms with Crippen molar-refractivity contribution in [2.75, 3.05) is 36.2 Å². The average Bonchev–Trinajstić information content (AvgIpc) is 2.54. The summed E-state index contributed by atoms with van der Waals surface area (Å²) in [7, 11) is 3.74. The van der Waals surface area contributed by atoms with E-state index >= 15 is 0 Å². The van der Waals surface area contributed by atoms with Crippen LogP contribution < -0.4 is 15.5 Å². The summed E-state index contributed by atoms with van der Waals surface area (Å²) in [5.74, 6) is -0.739. The van der Waals surface area contributed by atoms with E-state index in [1.54, 1.807) is 24.3 Å². The molecule has 6 heteroatoms. The number of hydrogen-bond donors (Lipinski definition) is 3. The topological polar surface area (TPSA) is 64.6 Å². The standard InChI is InChI=1S/C18H22FN3O2/c1-12(16-8-7-13(19)9-17(16)22(2)3)20-14-5-4-6-15(10-14)21-18(24)11-23/h4-10,12,20,23H,11H2,1-3H3,(H,21,24). The van der Waals surface area contributed by atoms with Gasteiger partial charge in [-0.05, 0) is 42.8 Å². The van der Waals surface area contributed by atoms with Crippen molar-refractivity contribution in [3.63, 3.8) is 0 Å². The molecule has 24 heavy (non-hydrogen) atoms. The van der Waals surface area contributed by atoms with Gasteiger partial charge in [-0.15, -0.1) is 0 Å². The minimum Gasteiger partial charge on any atom is -0.387 e. The van der Waals surface area contributed by atoms with Crippen LogP contribution in [0.3, 0.4) is 0 Å². The highest BCUT2D eigenvalue weighted by molar-refractivity contribution is 5.92. The Bertz CT molecular complexity index is 719. The van der Waals surface area contributed by atoms with Crippen LogP contribution in [0.1, 0.15) is 18.5 Å². The fourth-order valence-corrected chi connectivity index (χ4v) is 2.49. The van der Waals surface area contributed by atoms with E-state index in [0.29, 0.717) is 5.69 Å². The number of hydrogen-bond acceptors (Lipinski definition) is 4. The Labute approximate surface area is 141 Å². The summed E-state index contributed by atoms with van der Waals surface area (Å²) in [5, 5.41) is 14.7. The first kappa shape index (κ1) is 17.7. The van der Waals surface area contributed by atoms with E-state index in [0.717, 1.165) is 16.9 Å².